The van der Waals surface area contributed by atoms with E-state index in [1.807, 2.05) is 0 Å². The third kappa shape index (κ3) is 3.34. The first-order valence-electron chi connectivity index (χ1n) is 6.07. The van der Waals surface area contributed by atoms with Crippen LogP contribution in [0.2, 0.25) is 5.22 Å². The van der Waals surface area contributed by atoms with Crippen LogP contribution in [0.4, 0.5) is 0 Å². The summed E-state index contributed by atoms with van der Waals surface area (Å²) in [5.41, 5.74) is 0.638. The van der Waals surface area contributed by atoms with Gasteiger partial charge in [-0.1, -0.05) is 6.92 Å². The second kappa shape index (κ2) is 6.56. The van der Waals surface area contributed by atoms with Gasteiger partial charge in [-0.3, -0.25) is 0 Å². The van der Waals surface area contributed by atoms with Crippen molar-refractivity contribution in [2.24, 2.45) is 0 Å². The number of halogens is 1. The number of aryl methyl sites for hydroxylation is 1. The maximum absolute atomic E-state index is 5.84. The van der Waals surface area contributed by atoms with E-state index in [0.29, 0.717) is 17.3 Å². The second-order valence-electron chi connectivity index (χ2n) is 3.96. The number of hydrogen-bond acceptors (Lipinski definition) is 5. The van der Waals surface area contributed by atoms with Gasteiger partial charge in [-0.15, -0.1) is 10.2 Å². The van der Waals surface area contributed by atoms with Gasteiger partial charge in [0.25, 0.3) is 5.89 Å². The summed E-state index contributed by atoms with van der Waals surface area (Å²) in [6, 6.07) is 1.71. The smallest absolute Gasteiger partial charge is 0.252 e. The molecule has 2 aromatic heterocycles. The molecule has 2 rings (SSSR count). The first-order valence-corrected chi connectivity index (χ1v) is 6.45. The van der Waals surface area contributed by atoms with Crippen LogP contribution < -0.4 is 5.32 Å². The zero-order chi connectivity index (χ0) is 12.8. The molecule has 0 atom stereocenters. The molecular formula is C12H16ClN3O2. The lowest BCUT2D eigenvalue weighted by Gasteiger charge is -1.99. The Bertz CT molecular complexity index is 481. The fourth-order valence-corrected chi connectivity index (χ4v) is 1.77. The summed E-state index contributed by atoms with van der Waals surface area (Å²) in [4.78, 5) is 0. The standard InChI is InChI=1S/C12H16ClN3O2/c1-2-6-14-7-3-4-10-15-16-12(18-10)9-5-8-17-11(9)13/h5,8,14H,2-4,6-7H2,1H3. The molecule has 0 aromatic carbocycles. The minimum absolute atomic E-state index is 0.273. The summed E-state index contributed by atoms with van der Waals surface area (Å²) in [5, 5.41) is 11.5. The van der Waals surface area contributed by atoms with Crippen molar-refractivity contribution in [1.82, 2.24) is 15.5 Å². The SMILES string of the molecule is CCCNCCCc1nnc(-c2ccoc2Cl)o1. The average molecular weight is 270 g/mol. The van der Waals surface area contributed by atoms with Crippen molar-refractivity contribution in [1.29, 1.82) is 0 Å². The van der Waals surface area contributed by atoms with Crippen LogP contribution in [-0.2, 0) is 6.42 Å². The van der Waals surface area contributed by atoms with Crippen molar-refractivity contribution < 1.29 is 8.83 Å². The van der Waals surface area contributed by atoms with Crippen LogP contribution in [-0.4, -0.2) is 23.3 Å². The van der Waals surface area contributed by atoms with E-state index in [9.17, 15) is 0 Å². The van der Waals surface area contributed by atoms with Gasteiger partial charge in [-0.05, 0) is 43.6 Å². The van der Waals surface area contributed by atoms with E-state index in [2.05, 4.69) is 22.4 Å². The predicted octanol–water partition coefficient (Wildman–Crippen LogP) is 2.92. The number of hydrogen-bond donors (Lipinski definition) is 1. The fraction of sp³-hybridized carbons (Fsp3) is 0.500. The molecule has 0 saturated carbocycles. The van der Waals surface area contributed by atoms with Crippen molar-refractivity contribution in [3.8, 4) is 11.5 Å². The molecule has 0 spiro atoms. The van der Waals surface area contributed by atoms with E-state index >= 15 is 0 Å². The zero-order valence-corrected chi connectivity index (χ0v) is 11.0. The van der Waals surface area contributed by atoms with E-state index in [0.717, 1.165) is 32.4 Å². The summed E-state index contributed by atoms with van der Waals surface area (Å²) < 4.78 is 10.5. The number of aromatic nitrogens is 2. The third-order valence-corrected chi connectivity index (χ3v) is 2.78. The zero-order valence-electron chi connectivity index (χ0n) is 10.3. The highest BCUT2D eigenvalue weighted by atomic mass is 35.5. The predicted molar refractivity (Wildman–Crippen MR) is 68.5 cm³/mol. The highest BCUT2D eigenvalue weighted by Gasteiger charge is 2.13. The highest BCUT2D eigenvalue weighted by molar-refractivity contribution is 6.31. The van der Waals surface area contributed by atoms with Gasteiger partial charge in [0.1, 0.15) is 0 Å². The van der Waals surface area contributed by atoms with Crippen LogP contribution in [0.3, 0.4) is 0 Å². The van der Waals surface area contributed by atoms with Gasteiger partial charge in [0, 0.05) is 6.42 Å². The maximum atomic E-state index is 5.84. The number of rotatable bonds is 7. The molecule has 18 heavy (non-hydrogen) atoms. The Kier molecular flexibility index (Phi) is 4.78. The average Bonchev–Trinajstić information content (AvgIpc) is 2.97. The highest BCUT2D eigenvalue weighted by Crippen LogP contribution is 2.27. The van der Waals surface area contributed by atoms with Crippen molar-refractivity contribution in [3.63, 3.8) is 0 Å². The lowest BCUT2D eigenvalue weighted by molar-refractivity contribution is 0.490. The Morgan fingerprint density at radius 2 is 2.22 bits per heavy atom. The maximum Gasteiger partial charge on any atom is 0.252 e. The van der Waals surface area contributed by atoms with E-state index in [1.54, 1.807) is 6.07 Å². The Morgan fingerprint density at radius 3 is 2.94 bits per heavy atom. The van der Waals surface area contributed by atoms with Gasteiger partial charge >= 0.3 is 0 Å². The lowest BCUT2D eigenvalue weighted by atomic mass is 10.3. The van der Waals surface area contributed by atoms with Crippen LogP contribution in [0.15, 0.2) is 21.2 Å². The number of nitrogens with one attached hydrogen (secondary N) is 1. The number of nitrogens with zero attached hydrogens (tertiary/aromatic N) is 2. The molecule has 0 unspecified atom stereocenters. The van der Waals surface area contributed by atoms with Crippen molar-refractivity contribution in [3.05, 3.63) is 23.4 Å². The van der Waals surface area contributed by atoms with Crippen LogP contribution in [0, 0.1) is 0 Å². The lowest BCUT2D eigenvalue weighted by Crippen LogP contribution is -2.16. The van der Waals surface area contributed by atoms with Gasteiger partial charge in [0.15, 0.2) is 0 Å². The fourth-order valence-electron chi connectivity index (χ4n) is 1.58. The molecule has 0 aliphatic carbocycles. The van der Waals surface area contributed by atoms with E-state index in [4.69, 9.17) is 20.4 Å². The molecule has 2 aromatic rings. The van der Waals surface area contributed by atoms with Gasteiger partial charge < -0.3 is 14.2 Å². The Balaban J connectivity index is 1.85. The van der Waals surface area contributed by atoms with Crippen molar-refractivity contribution in [2.75, 3.05) is 13.1 Å². The normalized spacial score (nSPS) is 11.0. The van der Waals surface area contributed by atoms with Crippen LogP contribution in [0.5, 0.6) is 0 Å². The summed E-state index contributed by atoms with van der Waals surface area (Å²) in [7, 11) is 0. The molecule has 5 nitrogen and oxygen atoms in total. The first-order chi connectivity index (χ1) is 8.81. The molecule has 0 aliphatic heterocycles. The molecular weight excluding hydrogens is 254 g/mol. The van der Waals surface area contributed by atoms with Gasteiger partial charge in [0.2, 0.25) is 11.1 Å². The molecule has 0 fully saturated rings. The molecule has 2 heterocycles. The van der Waals surface area contributed by atoms with E-state index < -0.39 is 0 Å². The van der Waals surface area contributed by atoms with Crippen molar-refractivity contribution in [2.45, 2.75) is 26.2 Å². The second-order valence-corrected chi connectivity index (χ2v) is 4.31. The molecule has 0 radical (unpaired) electrons. The van der Waals surface area contributed by atoms with Crippen molar-refractivity contribution >= 4 is 11.6 Å². The minimum Gasteiger partial charge on any atom is -0.452 e. The monoisotopic (exact) mass is 269 g/mol. The summed E-state index contributed by atoms with van der Waals surface area (Å²) in [6.45, 7) is 4.14. The number of furan rings is 1. The van der Waals surface area contributed by atoms with E-state index in [1.165, 1.54) is 6.26 Å². The van der Waals surface area contributed by atoms with Gasteiger partial charge in [-0.2, -0.15) is 0 Å². The molecule has 98 valence electrons. The quantitative estimate of drug-likeness (QED) is 0.783. The molecule has 1 N–H and O–H groups in total. The Morgan fingerprint density at radius 1 is 1.33 bits per heavy atom. The van der Waals surface area contributed by atoms with E-state index in [-0.39, 0.29) is 5.22 Å². The molecule has 6 heteroatoms. The minimum atomic E-state index is 0.273. The van der Waals surface area contributed by atoms with Gasteiger partial charge in [0.05, 0.1) is 11.8 Å². The Hall–Kier alpha value is -1.33. The largest absolute Gasteiger partial charge is 0.452 e. The molecule has 0 aliphatic rings. The molecule has 0 amide bonds. The van der Waals surface area contributed by atoms with Crippen LogP contribution in [0.25, 0.3) is 11.5 Å². The summed E-state index contributed by atoms with van der Waals surface area (Å²) in [6.07, 6.45) is 4.37. The van der Waals surface area contributed by atoms with Crippen LogP contribution in [0.1, 0.15) is 25.7 Å². The molecule has 0 bridgehead atoms. The topological polar surface area (TPSA) is 64.1 Å². The third-order valence-electron chi connectivity index (χ3n) is 2.49. The first kappa shape index (κ1) is 13.1. The summed E-state index contributed by atoms with van der Waals surface area (Å²) >= 11 is 5.84. The summed E-state index contributed by atoms with van der Waals surface area (Å²) in [5.74, 6) is 1.03. The molecule has 0 saturated heterocycles. The van der Waals surface area contributed by atoms with Gasteiger partial charge in [-0.25, -0.2) is 0 Å². The van der Waals surface area contributed by atoms with Crippen LogP contribution >= 0.6 is 11.6 Å². The Labute approximate surface area is 111 Å².